The van der Waals surface area contributed by atoms with Crippen LogP contribution in [0.25, 0.3) is 11.0 Å². The van der Waals surface area contributed by atoms with E-state index >= 15 is 0 Å². The summed E-state index contributed by atoms with van der Waals surface area (Å²) in [7, 11) is 0. The molecule has 0 spiro atoms. The fraction of sp³-hybridized carbons (Fsp3) is 0.412. The summed E-state index contributed by atoms with van der Waals surface area (Å²) in [5, 5.41) is 3.06. The van der Waals surface area contributed by atoms with Crippen LogP contribution in [0.1, 0.15) is 25.7 Å². The molecule has 1 aromatic heterocycles. The van der Waals surface area contributed by atoms with E-state index in [-0.39, 0.29) is 11.8 Å². The maximum absolute atomic E-state index is 12.0. The van der Waals surface area contributed by atoms with Gasteiger partial charge < -0.3 is 9.88 Å². The van der Waals surface area contributed by atoms with Gasteiger partial charge in [-0.05, 0) is 37.8 Å². The van der Waals surface area contributed by atoms with Crippen LogP contribution >= 0.6 is 0 Å². The Kier molecular flexibility index (Phi) is 4.34. The molecule has 1 heterocycles. The molecule has 1 aromatic carbocycles. The number of hydrogen-bond donors (Lipinski definition) is 1. The third-order valence-electron chi connectivity index (χ3n) is 4.04. The molecule has 1 atom stereocenters. The van der Waals surface area contributed by atoms with Crippen molar-refractivity contribution in [2.45, 2.75) is 32.2 Å². The van der Waals surface area contributed by atoms with Crippen molar-refractivity contribution in [2.24, 2.45) is 5.92 Å². The summed E-state index contributed by atoms with van der Waals surface area (Å²) in [6.45, 7) is 1.61. The predicted molar refractivity (Wildman–Crippen MR) is 83.8 cm³/mol. The van der Waals surface area contributed by atoms with Crippen molar-refractivity contribution in [2.75, 3.05) is 6.54 Å². The molecule has 0 radical (unpaired) electrons. The summed E-state index contributed by atoms with van der Waals surface area (Å²) >= 11 is 0. The quantitative estimate of drug-likeness (QED) is 0.677. The molecule has 110 valence electrons. The first kappa shape index (κ1) is 13.9. The van der Waals surface area contributed by atoms with Gasteiger partial charge >= 0.3 is 0 Å². The SMILES string of the molecule is O=C(NCCCn1cnc2ccccc21)C1CC=CCC1. The molecule has 1 aliphatic carbocycles. The zero-order valence-electron chi connectivity index (χ0n) is 12.2. The zero-order valence-corrected chi connectivity index (χ0v) is 12.2. The van der Waals surface area contributed by atoms with E-state index < -0.39 is 0 Å². The summed E-state index contributed by atoms with van der Waals surface area (Å²) in [5.41, 5.74) is 2.18. The van der Waals surface area contributed by atoms with Gasteiger partial charge in [-0.25, -0.2) is 4.98 Å². The predicted octanol–water partition coefficient (Wildman–Crippen LogP) is 2.90. The van der Waals surface area contributed by atoms with Gasteiger partial charge in [-0.15, -0.1) is 0 Å². The summed E-state index contributed by atoms with van der Waals surface area (Å²) in [5.74, 6) is 0.374. The molecule has 0 bridgehead atoms. The van der Waals surface area contributed by atoms with E-state index in [9.17, 15) is 4.79 Å². The molecule has 0 saturated heterocycles. The van der Waals surface area contributed by atoms with Gasteiger partial charge in [0.15, 0.2) is 0 Å². The minimum absolute atomic E-state index is 0.170. The smallest absolute Gasteiger partial charge is 0.223 e. The van der Waals surface area contributed by atoms with Crippen molar-refractivity contribution in [3.8, 4) is 0 Å². The second-order valence-corrected chi connectivity index (χ2v) is 5.55. The van der Waals surface area contributed by atoms with Crippen molar-refractivity contribution in [3.05, 3.63) is 42.7 Å². The Labute approximate surface area is 124 Å². The summed E-state index contributed by atoms with van der Waals surface area (Å²) in [6, 6.07) is 8.12. The van der Waals surface area contributed by atoms with E-state index in [4.69, 9.17) is 0 Å². The molecule has 0 saturated carbocycles. The van der Waals surface area contributed by atoms with Crippen LogP contribution in [0.5, 0.6) is 0 Å². The van der Waals surface area contributed by atoms with Crippen molar-refractivity contribution in [1.82, 2.24) is 14.9 Å². The van der Waals surface area contributed by atoms with Crippen LogP contribution in [0, 0.1) is 5.92 Å². The van der Waals surface area contributed by atoms with Crippen LogP contribution in [-0.2, 0) is 11.3 Å². The number of nitrogens with zero attached hydrogens (tertiary/aromatic N) is 2. The number of amides is 1. The number of carbonyl (C=O) groups excluding carboxylic acids is 1. The van der Waals surface area contributed by atoms with Crippen LogP contribution in [0.3, 0.4) is 0 Å². The average Bonchev–Trinajstić information content (AvgIpc) is 2.95. The van der Waals surface area contributed by atoms with Crippen molar-refractivity contribution >= 4 is 16.9 Å². The first-order chi connectivity index (χ1) is 10.3. The van der Waals surface area contributed by atoms with Gasteiger partial charge in [0, 0.05) is 19.0 Å². The molecule has 0 fully saturated rings. The molecule has 1 N–H and O–H groups in total. The van der Waals surface area contributed by atoms with Gasteiger partial charge in [-0.2, -0.15) is 0 Å². The number of benzene rings is 1. The van der Waals surface area contributed by atoms with Gasteiger partial charge in [0.1, 0.15) is 0 Å². The highest BCUT2D eigenvalue weighted by Gasteiger charge is 2.17. The highest BCUT2D eigenvalue weighted by atomic mass is 16.1. The number of nitrogens with one attached hydrogen (secondary N) is 1. The Morgan fingerprint density at radius 3 is 3.10 bits per heavy atom. The van der Waals surface area contributed by atoms with Gasteiger partial charge in [-0.3, -0.25) is 4.79 Å². The molecule has 2 aromatic rings. The Balaban J connectivity index is 1.46. The van der Waals surface area contributed by atoms with E-state index in [0.717, 1.165) is 49.8 Å². The number of para-hydroxylation sites is 2. The number of fused-ring (bicyclic) bond motifs is 1. The molecule has 4 nitrogen and oxygen atoms in total. The Morgan fingerprint density at radius 2 is 2.24 bits per heavy atom. The van der Waals surface area contributed by atoms with Crippen molar-refractivity contribution in [1.29, 1.82) is 0 Å². The normalized spacial score (nSPS) is 18.0. The van der Waals surface area contributed by atoms with E-state index in [2.05, 4.69) is 33.1 Å². The van der Waals surface area contributed by atoms with Crippen LogP contribution in [0.4, 0.5) is 0 Å². The van der Waals surface area contributed by atoms with Crippen molar-refractivity contribution < 1.29 is 4.79 Å². The number of aromatic nitrogens is 2. The first-order valence-corrected chi connectivity index (χ1v) is 7.67. The summed E-state index contributed by atoms with van der Waals surface area (Å²) < 4.78 is 2.14. The summed E-state index contributed by atoms with van der Waals surface area (Å²) in [4.78, 5) is 16.4. The third kappa shape index (κ3) is 3.32. The van der Waals surface area contributed by atoms with Gasteiger partial charge in [0.2, 0.25) is 5.91 Å². The number of aryl methyl sites for hydroxylation is 1. The third-order valence-corrected chi connectivity index (χ3v) is 4.04. The molecule has 3 rings (SSSR count). The van der Waals surface area contributed by atoms with Crippen LogP contribution in [0.15, 0.2) is 42.7 Å². The highest BCUT2D eigenvalue weighted by Crippen LogP contribution is 2.18. The number of carbonyl (C=O) groups is 1. The van der Waals surface area contributed by atoms with Crippen molar-refractivity contribution in [3.63, 3.8) is 0 Å². The Bertz CT molecular complexity index is 644. The zero-order chi connectivity index (χ0) is 14.5. The molecule has 1 aliphatic rings. The number of hydrogen-bond acceptors (Lipinski definition) is 2. The molecular weight excluding hydrogens is 262 g/mol. The second kappa shape index (κ2) is 6.57. The summed E-state index contributed by atoms with van der Waals surface area (Å²) in [6.07, 6.45) is 9.97. The van der Waals surface area contributed by atoms with E-state index in [1.807, 2.05) is 24.5 Å². The molecule has 4 heteroatoms. The molecule has 0 aliphatic heterocycles. The maximum Gasteiger partial charge on any atom is 0.223 e. The standard InChI is InChI=1S/C17H21N3O/c21-17(14-7-2-1-3-8-14)18-11-6-12-20-13-19-15-9-4-5-10-16(15)20/h1-2,4-5,9-10,13-14H,3,6-8,11-12H2,(H,18,21). The van der Waals surface area contributed by atoms with Crippen LogP contribution in [0.2, 0.25) is 0 Å². The topological polar surface area (TPSA) is 46.9 Å². The largest absolute Gasteiger partial charge is 0.356 e. The lowest BCUT2D eigenvalue weighted by Crippen LogP contribution is -2.32. The Hall–Kier alpha value is -2.10. The molecule has 1 unspecified atom stereocenters. The minimum Gasteiger partial charge on any atom is -0.356 e. The van der Waals surface area contributed by atoms with E-state index in [1.165, 1.54) is 0 Å². The number of rotatable bonds is 5. The lowest BCUT2D eigenvalue weighted by molar-refractivity contribution is -0.125. The van der Waals surface area contributed by atoms with Gasteiger partial charge in [0.05, 0.1) is 17.4 Å². The average molecular weight is 283 g/mol. The molecule has 21 heavy (non-hydrogen) atoms. The van der Waals surface area contributed by atoms with Crippen LogP contribution in [-0.4, -0.2) is 22.0 Å². The second-order valence-electron chi connectivity index (χ2n) is 5.55. The first-order valence-electron chi connectivity index (χ1n) is 7.67. The number of imidazole rings is 1. The maximum atomic E-state index is 12.0. The lowest BCUT2D eigenvalue weighted by atomic mass is 9.94. The van der Waals surface area contributed by atoms with Gasteiger partial charge in [0.25, 0.3) is 0 Å². The molecular formula is C17H21N3O. The van der Waals surface area contributed by atoms with Gasteiger partial charge in [-0.1, -0.05) is 24.3 Å². The fourth-order valence-corrected chi connectivity index (χ4v) is 2.83. The fourth-order valence-electron chi connectivity index (χ4n) is 2.83. The van der Waals surface area contributed by atoms with E-state index in [1.54, 1.807) is 0 Å². The van der Waals surface area contributed by atoms with Crippen LogP contribution < -0.4 is 5.32 Å². The lowest BCUT2D eigenvalue weighted by Gasteiger charge is -2.17. The minimum atomic E-state index is 0.170. The number of allylic oxidation sites excluding steroid dienone is 2. The Morgan fingerprint density at radius 1 is 1.33 bits per heavy atom. The highest BCUT2D eigenvalue weighted by molar-refractivity contribution is 5.79. The van der Waals surface area contributed by atoms with E-state index in [0.29, 0.717) is 0 Å². The molecule has 1 amide bonds. The monoisotopic (exact) mass is 283 g/mol.